The molecule has 6 heteroatoms. The zero-order valence-electron chi connectivity index (χ0n) is 11.2. The van der Waals surface area contributed by atoms with Gasteiger partial charge in [-0.3, -0.25) is 24.7 Å². The quantitative estimate of drug-likeness (QED) is 0.364. The molecular formula is C15H12N2O4. The molecule has 1 atom stereocenters. The molecule has 0 saturated carbocycles. The van der Waals surface area contributed by atoms with Crippen molar-refractivity contribution in [2.24, 2.45) is 5.92 Å². The Kier molecular flexibility index (Phi) is 4.18. The maximum Gasteiger partial charge on any atom is 0.270 e. The number of carbonyl (C=O) groups is 2. The highest BCUT2D eigenvalue weighted by Gasteiger charge is 2.25. The van der Waals surface area contributed by atoms with Crippen LogP contribution in [-0.2, 0) is 0 Å². The minimum Gasteiger partial charge on any atom is -0.293 e. The van der Waals surface area contributed by atoms with Crippen LogP contribution in [0.15, 0.2) is 48.8 Å². The Morgan fingerprint density at radius 1 is 1.14 bits per heavy atom. The summed E-state index contributed by atoms with van der Waals surface area (Å²) < 4.78 is 0. The van der Waals surface area contributed by atoms with Gasteiger partial charge >= 0.3 is 0 Å². The molecule has 6 nitrogen and oxygen atoms in total. The zero-order chi connectivity index (χ0) is 15.4. The second-order valence-electron chi connectivity index (χ2n) is 4.50. The van der Waals surface area contributed by atoms with Crippen molar-refractivity contribution in [2.75, 3.05) is 0 Å². The van der Waals surface area contributed by atoms with E-state index in [0.29, 0.717) is 5.56 Å². The van der Waals surface area contributed by atoms with Crippen LogP contribution in [-0.4, -0.2) is 21.5 Å². The van der Waals surface area contributed by atoms with Gasteiger partial charge in [0.25, 0.3) is 5.69 Å². The molecule has 106 valence electrons. The first kappa shape index (κ1) is 14.5. The number of benzene rings is 1. The molecule has 0 saturated heterocycles. The predicted molar refractivity (Wildman–Crippen MR) is 75.2 cm³/mol. The van der Waals surface area contributed by atoms with E-state index in [1.165, 1.54) is 43.6 Å². The number of nitro benzene ring substituents is 1. The highest BCUT2D eigenvalue weighted by molar-refractivity contribution is 6.15. The topological polar surface area (TPSA) is 90.2 Å². The van der Waals surface area contributed by atoms with Crippen LogP contribution in [0.5, 0.6) is 0 Å². The molecule has 1 aromatic heterocycles. The van der Waals surface area contributed by atoms with Gasteiger partial charge < -0.3 is 0 Å². The summed E-state index contributed by atoms with van der Waals surface area (Å²) in [7, 11) is 0. The number of hydrogen-bond donors (Lipinski definition) is 0. The molecule has 2 aromatic rings. The Hall–Kier alpha value is -2.89. The fourth-order valence-corrected chi connectivity index (χ4v) is 1.90. The zero-order valence-corrected chi connectivity index (χ0v) is 11.2. The first-order valence-corrected chi connectivity index (χ1v) is 6.23. The van der Waals surface area contributed by atoms with Gasteiger partial charge in [-0.15, -0.1) is 0 Å². The van der Waals surface area contributed by atoms with Crippen molar-refractivity contribution in [3.05, 3.63) is 70.0 Å². The summed E-state index contributed by atoms with van der Waals surface area (Å²) in [5.41, 5.74) is 0.305. The number of ketones is 2. The summed E-state index contributed by atoms with van der Waals surface area (Å²) >= 11 is 0. The Morgan fingerprint density at radius 3 is 2.43 bits per heavy atom. The number of nitrogens with zero attached hydrogens (tertiary/aromatic N) is 2. The molecule has 1 heterocycles. The fraction of sp³-hybridized carbons (Fsp3) is 0.133. The molecule has 0 fully saturated rings. The Balaban J connectivity index is 2.25. The van der Waals surface area contributed by atoms with Gasteiger partial charge in [-0.2, -0.15) is 0 Å². The number of pyridine rings is 1. The smallest absolute Gasteiger partial charge is 0.270 e. The second kappa shape index (κ2) is 6.04. The lowest BCUT2D eigenvalue weighted by atomic mass is 9.92. The maximum atomic E-state index is 12.3. The van der Waals surface area contributed by atoms with Crippen LogP contribution in [0.2, 0.25) is 0 Å². The normalized spacial score (nSPS) is 11.7. The summed E-state index contributed by atoms with van der Waals surface area (Å²) in [6.07, 6.45) is 2.92. The molecule has 0 bridgehead atoms. The van der Waals surface area contributed by atoms with Gasteiger partial charge in [-0.1, -0.05) is 12.1 Å². The lowest BCUT2D eigenvalue weighted by Crippen LogP contribution is -2.21. The van der Waals surface area contributed by atoms with Crippen molar-refractivity contribution < 1.29 is 14.5 Å². The molecule has 0 aliphatic heterocycles. The SMILES string of the molecule is CC(C(=O)c1cccnc1)C(=O)c1cccc([N+](=O)[O-])c1. The van der Waals surface area contributed by atoms with Crippen LogP contribution in [0.3, 0.4) is 0 Å². The van der Waals surface area contributed by atoms with E-state index in [0.717, 1.165) is 0 Å². The average Bonchev–Trinajstić information content (AvgIpc) is 2.53. The third-order valence-corrected chi connectivity index (χ3v) is 3.07. The molecule has 2 rings (SSSR count). The second-order valence-corrected chi connectivity index (χ2v) is 4.50. The van der Waals surface area contributed by atoms with Crippen molar-refractivity contribution in [2.45, 2.75) is 6.92 Å². The Morgan fingerprint density at radius 2 is 1.81 bits per heavy atom. The molecule has 0 spiro atoms. The third-order valence-electron chi connectivity index (χ3n) is 3.07. The van der Waals surface area contributed by atoms with E-state index in [4.69, 9.17) is 0 Å². The van der Waals surface area contributed by atoms with Gasteiger partial charge in [0.15, 0.2) is 11.6 Å². The number of hydrogen-bond acceptors (Lipinski definition) is 5. The summed E-state index contributed by atoms with van der Waals surface area (Å²) in [6.45, 7) is 1.48. The third kappa shape index (κ3) is 3.17. The number of carbonyl (C=O) groups excluding carboxylic acids is 2. The van der Waals surface area contributed by atoms with Crippen LogP contribution >= 0.6 is 0 Å². The van der Waals surface area contributed by atoms with Crippen LogP contribution < -0.4 is 0 Å². The van der Waals surface area contributed by atoms with Gasteiger partial charge in [0.1, 0.15) is 0 Å². The molecule has 1 unspecified atom stereocenters. The molecule has 0 aliphatic rings. The van der Waals surface area contributed by atoms with E-state index in [-0.39, 0.29) is 17.0 Å². The summed E-state index contributed by atoms with van der Waals surface area (Å²) in [5, 5.41) is 10.7. The van der Waals surface area contributed by atoms with Gasteiger partial charge in [-0.05, 0) is 19.1 Å². The van der Waals surface area contributed by atoms with E-state index < -0.39 is 16.6 Å². The molecule has 21 heavy (non-hydrogen) atoms. The van der Waals surface area contributed by atoms with Gasteiger partial charge in [-0.25, -0.2) is 0 Å². The number of rotatable bonds is 5. The van der Waals surface area contributed by atoms with E-state index in [2.05, 4.69) is 4.98 Å². The molecular weight excluding hydrogens is 272 g/mol. The lowest BCUT2D eigenvalue weighted by molar-refractivity contribution is -0.384. The largest absolute Gasteiger partial charge is 0.293 e. The standard InChI is InChI=1S/C15H12N2O4/c1-10(15(19)12-5-3-7-16-9-12)14(18)11-4-2-6-13(8-11)17(20)21/h2-10H,1H3. The predicted octanol–water partition coefficient (Wildman–Crippen LogP) is 2.69. The molecule has 0 radical (unpaired) electrons. The average molecular weight is 284 g/mol. The first-order chi connectivity index (χ1) is 10.0. The fourth-order valence-electron chi connectivity index (χ4n) is 1.90. The molecule has 1 aromatic carbocycles. The monoisotopic (exact) mass is 284 g/mol. The van der Waals surface area contributed by atoms with E-state index in [9.17, 15) is 19.7 Å². The Labute approximate surface area is 120 Å². The van der Waals surface area contributed by atoms with Crippen molar-refractivity contribution in [3.8, 4) is 0 Å². The van der Waals surface area contributed by atoms with Crippen molar-refractivity contribution in [1.29, 1.82) is 0 Å². The summed E-state index contributed by atoms with van der Waals surface area (Å²) in [6, 6.07) is 8.54. The summed E-state index contributed by atoms with van der Waals surface area (Å²) in [5.74, 6) is -1.73. The number of non-ortho nitro benzene ring substituents is 1. The van der Waals surface area contributed by atoms with E-state index in [1.54, 1.807) is 12.1 Å². The van der Waals surface area contributed by atoms with Crippen LogP contribution in [0.25, 0.3) is 0 Å². The number of nitro groups is 1. The van der Waals surface area contributed by atoms with Crippen LogP contribution in [0.4, 0.5) is 5.69 Å². The van der Waals surface area contributed by atoms with Crippen molar-refractivity contribution in [1.82, 2.24) is 4.98 Å². The highest BCUT2D eigenvalue weighted by Crippen LogP contribution is 2.18. The highest BCUT2D eigenvalue weighted by atomic mass is 16.6. The molecule has 0 amide bonds. The van der Waals surface area contributed by atoms with Gasteiger partial charge in [0.05, 0.1) is 10.8 Å². The van der Waals surface area contributed by atoms with Crippen LogP contribution in [0, 0.1) is 16.0 Å². The van der Waals surface area contributed by atoms with E-state index in [1.807, 2.05) is 0 Å². The van der Waals surface area contributed by atoms with E-state index >= 15 is 0 Å². The Bertz CT molecular complexity index is 698. The van der Waals surface area contributed by atoms with Crippen molar-refractivity contribution in [3.63, 3.8) is 0 Å². The summed E-state index contributed by atoms with van der Waals surface area (Å²) in [4.78, 5) is 38.4. The minimum absolute atomic E-state index is 0.147. The maximum absolute atomic E-state index is 12.3. The van der Waals surface area contributed by atoms with Gasteiger partial charge in [0, 0.05) is 35.7 Å². The van der Waals surface area contributed by atoms with Crippen molar-refractivity contribution >= 4 is 17.3 Å². The molecule has 0 aliphatic carbocycles. The number of Topliss-reactive ketones (excluding diaryl/α,β-unsaturated/α-hetero) is 2. The minimum atomic E-state index is -0.920. The number of aromatic nitrogens is 1. The lowest BCUT2D eigenvalue weighted by Gasteiger charge is -2.09. The first-order valence-electron chi connectivity index (χ1n) is 6.23. The molecule has 0 N–H and O–H groups in total. The van der Waals surface area contributed by atoms with Gasteiger partial charge in [0.2, 0.25) is 0 Å². The van der Waals surface area contributed by atoms with Crippen LogP contribution in [0.1, 0.15) is 27.6 Å².